The van der Waals surface area contributed by atoms with Crippen molar-refractivity contribution in [3.05, 3.63) is 42.0 Å². The third-order valence-electron chi connectivity index (χ3n) is 6.08. The monoisotopic (exact) mass is 322 g/mol. The smallest absolute Gasteiger partial charge is 0.254 e. The Kier molecular flexibility index (Phi) is 2.78. The molecule has 5 nitrogen and oxygen atoms in total. The number of hydrogen-bond donors (Lipinski definition) is 0. The summed E-state index contributed by atoms with van der Waals surface area (Å²) < 4.78 is 5.12. The van der Waals surface area contributed by atoms with Crippen molar-refractivity contribution in [3.8, 4) is 5.75 Å². The minimum Gasteiger partial charge on any atom is -0.497 e. The molecule has 6 atom stereocenters. The van der Waals surface area contributed by atoms with Crippen molar-refractivity contribution < 1.29 is 14.3 Å². The van der Waals surface area contributed by atoms with E-state index in [0.29, 0.717) is 11.8 Å². The highest BCUT2D eigenvalue weighted by Crippen LogP contribution is 2.65. The van der Waals surface area contributed by atoms with E-state index < -0.39 is 0 Å². The van der Waals surface area contributed by atoms with Crippen LogP contribution in [0, 0.1) is 35.5 Å². The number of amides is 2. The summed E-state index contributed by atoms with van der Waals surface area (Å²) in [5.41, 5.74) is 0.829. The van der Waals surface area contributed by atoms with E-state index in [1.54, 1.807) is 13.3 Å². The van der Waals surface area contributed by atoms with Crippen LogP contribution in [0.3, 0.4) is 0 Å². The number of allylic oxidation sites excluding steroid dienone is 2. The van der Waals surface area contributed by atoms with Crippen LogP contribution in [0.2, 0.25) is 0 Å². The molecule has 1 heterocycles. The van der Waals surface area contributed by atoms with Gasteiger partial charge in [-0.1, -0.05) is 12.2 Å². The van der Waals surface area contributed by atoms with Crippen molar-refractivity contribution in [1.29, 1.82) is 0 Å². The van der Waals surface area contributed by atoms with E-state index in [0.717, 1.165) is 16.3 Å². The number of benzene rings is 1. The summed E-state index contributed by atoms with van der Waals surface area (Å²) in [7, 11) is 1.61. The second-order valence-electron chi connectivity index (χ2n) is 7.16. The number of nitrogens with zero attached hydrogens (tertiary/aromatic N) is 2. The lowest BCUT2D eigenvalue weighted by Crippen LogP contribution is -2.40. The molecule has 0 radical (unpaired) electrons. The van der Waals surface area contributed by atoms with Crippen LogP contribution in [0.5, 0.6) is 5.75 Å². The molecule has 1 aliphatic heterocycles. The Labute approximate surface area is 140 Å². The maximum absolute atomic E-state index is 12.8. The number of hydrogen-bond acceptors (Lipinski definition) is 4. The van der Waals surface area contributed by atoms with Crippen molar-refractivity contribution in [2.24, 2.45) is 40.6 Å². The van der Waals surface area contributed by atoms with Crippen LogP contribution in [0.1, 0.15) is 12.0 Å². The molecule has 6 rings (SSSR count). The van der Waals surface area contributed by atoms with Gasteiger partial charge in [-0.25, -0.2) is 0 Å². The van der Waals surface area contributed by atoms with Gasteiger partial charge in [0.1, 0.15) is 5.75 Å². The van der Waals surface area contributed by atoms with Gasteiger partial charge >= 0.3 is 0 Å². The minimum atomic E-state index is -0.190. The standard InChI is InChI=1S/C19H18N2O3/c1-24-11-4-2-10(3-5-11)9-20-21-18(22)16-12-6-7-13(15-8-14(12)15)17(16)19(21)23/h2-7,9,12-17H,8H2,1H3/b20-9-/t12-,13-,14-,15-,16-,17+/m1/s1. The van der Waals surface area contributed by atoms with Gasteiger partial charge in [0.15, 0.2) is 0 Å². The van der Waals surface area contributed by atoms with E-state index in [-0.39, 0.29) is 35.5 Å². The summed E-state index contributed by atoms with van der Waals surface area (Å²) in [4.78, 5) is 25.5. The van der Waals surface area contributed by atoms with E-state index in [4.69, 9.17) is 4.74 Å². The zero-order chi connectivity index (χ0) is 16.4. The zero-order valence-electron chi connectivity index (χ0n) is 13.3. The summed E-state index contributed by atoms with van der Waals surface area (Å²) in [5.74, 6) is 1.83. The molecule has 5 aliphatic rings. The van der Waals surface area contributed by atoms with Crippen LogP contribution >= 0.6 is 0 Å². The molecule has 0 N–H and O–H groups in total. The fourth-order valence-corrected chi connectivity index (χ4v) is 4.87. The zero-order valence-corrected chi connectivity index (χ0v) is 13.3. The SMILES string of the molecule is COc1ccc(/C=N\N2C(=O)[C@@H]3[C@@H]4C=C[C@H]([C@H]5C[C@H]45)[C@@H]3C2=O)cc1. The van der Waals surface area contributed by atoms with E-state index in [9.17, 15) is 9.59 Å². The number of carbonyl (C=O) groups is 2. The number of ether oxygens (including phenoxy) is 1. The molecule has 1 saturated heterocycles. The Balaban J connectivity index is 1.41. The predicted molar refractivity (Wildman–Crippen MR) is 87.1 cm³/mol. The molecular formula is C19H18N2O3. The normalized spacial score (nSPS) is 38.6. The van der Waals surface area contributed by atoms with Crippen LogP contribution in [0.15, 0.2) is 41.5 Å². The van der Waals surface area contributed by atoms with Gasteiger partial charge in [-0.15, -0.1) is 0 Å². The first kappa shape index (κ1) is 14.0. The highest BCUT2D eigenvalue weighted by Gasteiger charge is 2.67. The lowest BCUT2D eigenvalue weighted by Gasteiger charge is -2.37. The van der Waals surface area contributed by atoms with Crippen molar-refractivity contribution in [3.63, 3.8) is 0 Å². The fraction of sp³-hybridized carbons (Fsp3) is 0.421. The minimum absolute atomic E-state index is 0.125. The molecule has 1 aromatic rings. The average molecular weight is 322 g/mol. The molecule has 2 saturated carbocycles. The van der Waals surface area contributed by atoms with Crippen molar-refractivity contribution >= 4 is 18.0 Å². The Morgan fingerprint density at radius 1 is 1.04 bits per heavy atom. The first-order valence-corrected chi connectivity index (χ1v) is 8.43. The van der Waals surface area contributed by atoms with E-state index >= 15 is 0 Å². The van der Waals surface area contributed by atoms with E-state index in [1.165, 1.54) is 6.42 Å². The average Bonchev–Trinajstić information content (AvgIpc) is 3.39. The third kappa shape index (κ3) is 1.78. The second kappa shape index (κ2) is 4.79. The molecule has 1 aromatic carbocycles. The Bertz CT molecular complexity index is 746. The molecule has 122 valence electrons. The van der Waals surface area contributed by atoms with Crippen LogP contribution in [0.4, 0.5) is 0 Å². The van der Waals surface area contributed by atoms with Crippen LogP contribution in [-0.2, 0) is 9.59 Å². The lowest BCUT2D eigenvalue weighted by atomic mass is 9.63. The molecular weight excluding hydrogens is 304 g/mol. The maximum Gasteiger partial charge on any atom is 0.254 e. The molecule has 0 unspecified atom stereocenters. The van der Waals surface area contributed by atoms with Crippen molar-refractivity contribution in [2.45, 2.75) is 6.42 Å². The quantitative estimate of drug-likeness (QED) is 0.486. The van der Waals surface area contributed by atoms with Gasteiger partial charge in [-0.05, 0) is 59.9 Å². The van der Waals surface area contributed by atoms with Gasteiger partial charge in [-0.3, -0.25) is 9.59 Å². The molecule has 0 aromatic heterocycles. The van der Waals surface area contributed by atoms with Gasteiger partial charge in [0.05, 0.1) is 25.2 Å². The van der Waals surface area contributed by atoms with Crippen LogP contribution in [-0.4, -0.2) is 30.1 Å². The molecule has 4 aliphatic carbocycles. The molecule has 3 fully saturated rings. The molecule has 24 heavy (non-hydrogen) atoms. The van der Waals surface area contributed by atoms with Crippen molar-refractivity contribution in [1.82, 2.24) is 5.01 Å². The van der Waals surface area contributed by atoms with E-state index in [1.807, 2.05) is 24.3 Å². The number of imide groups is 1. The highest BCUT2D eigenvalue weighted by molar-refractivity contribution is 6.06. The maximum atomic E-state index is 12.8. The summed E-state index contributed by atoms with van der Waals surface area (Å²) in [6.45, 7) is 0. The number of rotatable bonds is 3. The fourth-order valence-electron chi connectivity index (χ4n) is 4.87. The molecule has 5 heteroatoms. The summed E-state index contributed by atoms with van der Waals surface area (Å²) in [6, 6.07) is 7.35. The van der Waals surface area contributed by atoms with Gasteiger partial charge in [0.25, 0.3) is 11.8 Å². The van der Waals surface area contributed by atoms with Gasteiger partial charge in [-0.2, -0.15) is 10.1 Å². The van der Waals surface area contributed by atoms with Crippen molar-refractivity contribution in [2.75, 3.05) is 7.11 Å². The third-order valence-corrected chi connectivity index (χ3v) is 6.08. The number of hydrazone groups is 1. The highest BCUT2D eigenvalue weighted by atomic mass is 16.5. The van der Waals surface area contributed by atoms with E-state index in [2.05, 4.69) is 17.3 Å². The Morgan fingerprint density at radius 2 is 1.62 bits per heavy atom. The first-order valence-electron chi connectivity index (χ1n) is 8.43. The summed E-state index contributed by atoms with van der Waals surface area (Å²) in [6.07, 6.45) is 7.08. The topological polar surface area (TPSA) is 59.0 Å². The Hall–Kier alpha value is -2.43. The molecule has 2 bridgehead atoms. The number of methoxy groups -OCH3 is 1. The van der Waals surface area contributed by atoms with Crippen LogP contribution in [0.25, 0.3) is 0 Å². The second-order valence-corrected chi connectivity index (χ2v) is 7.16. The molecule has 0 spiro atoms. The van der Waals surface area contributed by atoms with Gasteiger partial charge in [0.2, 0.25) is 0 Å². The summed E-state index contributed by atoms with van der Waals surface area (Å²) in [5, 5.41) is 5.32. The Morgan fingerprint density at radius 3 is 2.17 bits per heavy atom. The number of carbonyl (C=O) groups excluding carboxylic acids is 2. The first-order chi connectivity index (χ1) is 11.7. The van der Waals surface area contributed by atoms with Gasteiger partial charge < -0.3 is 4.74 Å². The predicted octanol–water partition coefficient (Wildman–Crippen LogP) is 2.08. The van der Waals surface area contributed by atoms with Gasteiger partial charge in [0, 0.05) is 0 Å². The van der Waals surface area contributed by atoms with Crippen LogP contribution < -0.4 is 4.74 Å². The summed E-state index contributed by atoms with van der Waals surface area (Å²) >= 11 is 0. The largest absolute Gasteiger partial charge is 0.497 e. The molecule has 2 amide bonds. The lowest BCUT2D eigenvalue weighted by molar-refractivity contribution is -0.140.